The van der Waals surface area contributed by atoms with Gasteiger partial charge in [0.15, 0.2) is 11.5 Å². The summed E-state index contributed by atoms with van der Waals surface area (Å²) in [6, 6.07) is 13.7. The minimum atomic E-state index is 0.0355. The van der Waals surface area contributed by atoms with Crippen LogP contribution < -0.4 is 9.47 Å². The van der Waals surface area contributed by atoms with Gasteiger partial charge in [-0.1, -0.05) is 26.0 Å². The van der Waals surface area contributed by atoms with Gasteiger partial charge in [0.25, 0.3) is 5.91 Å². The van der Waals surface area contributed by atoms with Gasteiger partial charge in [-0.2, -0.15) is 0 Å². The fourth-order valence-corrected chi connectivity index (χ4v) is 4.66. The van der Waals surface area contributed by atoms with Gasteiger partial charge in [-0.05, 0) is 36.2 Å². The lowest BCUT2D eigenvalue weighted by Crippen LogP contribution is -2.48. The lowest BCUT2D eigenvalue weighted by Gasteiger charge is -2.34. The molecular formula is C24H29N3O3S. The molecule has 4 rings (SSSR count). The first-order chi connectivity index (χ1) is 15.0. The summed E-state index contributed by atoms with van der Waals surface area (Å²) >= 11 is 1.75. The Morgan fingerprint density at radius 2 is 1.87 bits per heavy atom. The van der Waals surface area contributed by atoms with Gasteiger partial charge in [0.1, 0.15) is 5.01 Å². The van der Waals surface area contributed by atoms with Gasteiger partial charge in [0.2, 0.25) is 0 Å². The van der Waals surface area contributed by atoms with Gasteiger partial charge in [0.05, 0.1) is 30.5 Å². The van der Waals surface area contributed by atoms with Crippen molar-refractivity contribution in [2.24, 2.45) is 5.92 Å². The molecular weight excluding hydrogens is 410 g/mol. The molecule has 1 aliphatic rings. The van der Waals surface area contributed by atoms with Crippen LogP contribution >= 0.6 is 11.3 Å². The number of aromatic nitrogens is 1. The summed E-state index contributed by atoms with van der Waals surface area (Å²) < 4.78 is 12.5. The van der Waals surface area contributed by atoms with E-state index in [1.54, 1.807) is 24.5 Å². The maximum Gasteiger partial charge on any atom is 0.254 e. The van der Waals surface area contributed by atoms with Gasteiger partial charge < -0.3 is 14.4 Å². The Morgan fingerprint density at radius 3 is 2.58 bits per heavy atom. The first kappa shape index (κ1) is 21.6. The predicted octanol–water partition coefficient (Wildman–Crippen LogP) is 4.30. The highest BCUT2D eigenvalue weighted by molar-refractivity contribution is 7.18. The topological polar surface area (TPSA) is 54.9 Å². The van der Waals surface area contributed by atoms with Gasteiger partial charge in [-0.25, -0.2) is 4.98 Å². The second kappa shape index (κ2) is 9.66. The van der Waals surface area contributed by atoms with E-state index in [1.807, 2.05) is 29.2 Å². The van der Waals surface area contributed by atoms with E-state index >= 15 is 0 Å². The van der Waals surface area contributed by atoms with Crippen LogP contribution in [0, 0.1) is 5.92 Å². The first-order valence-electron chi connectivity index (χ1n) is 10.7. The second-order valence-electron chi connectivity index (χ2n) is 8.21. The molecule has 164 valence electrons. The Bertz CT molecular complexity index is 1010. The number of thiazole rings is 1. The number of carbonyl (C=O) groups excluding carboxylic acids is 1. The fraction of sp³-hybridized carbons (Fsp3) is 0.417. The summed E-state index contributed by atoms with van der Waals surface area (Å²) in [5, 5.41) is 1.13. The third-order valence-electron chi connectivity index (χ3n) is 5.34. The van der Waals surface area contributed by atoms with Gasteiger partial charge in [-0.3, -0.25) is 9.69 Å². The van der Waals surface area contributed by atoms with Crippen molar-refractivity contribution in [3.63, 3.8) is 0 Å². The first-order valence-corrected chi connectivity index (χ1v) is 11.5. The SMILES string of the molecule is COc1cc(C(=O)N2CCN(Cc3nc4ccccc4s3)CC2)ccc1OCC(C)C. The summed E-state index contributed by atoms with van der Waals surface area (Å²) in [6.07, 6.45) is 0. The molecule has 0 radical (unpaired) electrons. The molecule has 1 amide bonds. The average molecular weight is 440 g/mol. The molecule has 0 N–H and O–H groups in total. The third-order valence-corrected chi connectivity index (χ3v) is 6.36. The predicted molar refractivity (Wildman–Crippen MR) is 124 cm³/mol. The molecule has 1 aliphatic heterocycles. The largest absolute Gasteiger partial charge is 0.493 e. The van der Waals surface area contributed by atoms with E-state index in [0.29, 0.717) is 42.7 Å². The van der Waals surface area contributed by atoms with Crippen molar-refractivity contribution in [3.8, 4) is 11.5 Å². The highest BCUT2D eigenvalue weighted by atomic mass is 32.1. The van der Waals surface area contributed by atoms with Crippen LogP contribution in [0.1, 0.15) is 29.2 Å². The molecule has 2 heterocycles. The van der Waals surface area contributed by atoms with E-state index in [-0.39, 0.29) is 5.91 Å². The Hall–Kier alpha value is -2.64. The number of ether oxygens (including phenoxy) is 2. The normalized spacial score (nSPS) is 14.9. The van der Waals surface area contributed by atoms with Crippen molar-refractivity contribution in [3.05, 3.63) is 53.0 Å². The van der Waals surface area contributed by atoms with Crippen LogP contribution in [-0.2, 0) is 6.54 Å². The van der Waals surface area contributed by atoms with Gasteiger partial charge in [-0.15, -0.1) is 11.3 Å². The number of hydrogen-bond donors (Lipinski definition) is 0. The summed E-state index contributed by atoms with van der Waals surface area (Å²) in [5.41, 5.74) is 1.69. The molecule has 6 nitrogen and oxygen atoms in total. The molecule has 31 heavy (non-hydrogen) atoms. The molecule has 0 bridgehead atoms. The molecule has 0 atom stereocenters. The number of methoxy groups -OCH3 is 1. The zero-order valence-electron chi connectivity index (χ0n) is 18.3. The quantitative estimate of drug-likeness (QED) is 0.549. The Kier molecular flexibility index (Phi) is 6.73. The number of rotatable bonds is 7. The van der Waals surface area contributed by atoms with Crippen LogP contribution in [-0.4, -0.2) is 60.6 Å². The lowest BCUT2D eigenvalue weighted by atomic mass is 10.1. The molecule has 1 saturated heterocycles. The molecule has 3 aromatic rings. The molecule has 1 fully saturated rings. The van der Waals surface area contributed by atoms with Crippen LogP contribution in [0.25, 0.3) is 10.2 Å². The summed E-state index contributed by atoms with van der Waals surface area (Å²) in [5.74, 6) is 1.73. The van der Waals surface area contributed by atoms with Crippen molar-refractivity contribution in [2.45, 2.75) is 20.4 Å². The van der Waals surface area contributed by atoms with Crippen molar-refractivity contribution in [1.82, 2.24) is 14.8 Å². The number of hydrogen-bond acceptors (Lipinski definition) is 6. The van der Waals surface area contributed by atoms with E-state index in [1.165, 1.54) is 4.70 Å². The summed E-state index contributed by atoms with van der Waals surface area (Å²) in [7, 11) is 1.60. The van der Waals surface area contributed by atoms with Crippen molar-refractivity contribution in [2.75, 3.05) is 39.9 Å². The van der Waals surface area contributed by atoms with E-state index in [2.05, 4.69) is 30.9 Å². The molecule has 0 saturated carbocycles. The number of piperazine rings is 1. The number of benzene rings is 2. The van der Waals surface area contributed by atoms with E-state index in [4.69, 9.17) is 14.5 Å². The van der Waals surface area contributed by atoms with Gasteiger partial charge >= 0.3 is 0 Å². The standard InChI is InChI=1S/C24H29N3O3S/c1-17(2)16-30-20-9-8-18(14-21(20)29-3)24(28)27-12-10-26(11-13-27)15-23-25-19-6-4-5-7-22(19)31-23/h4-9,14,17H,10-13,15-16H2,1-3H3. The second-order valence-corrected chi connectivity index (χ2v) is 9.33. The van der Waals surface area contributed by atoms with E-state index in [9.17, 15) is 4.79 Å². The molecule has 0 aliphatic carbocycles. The highest BCUT2D eigenvalue weighted by Gasteiger charge is 2.24. The Labute approximate surface area is 187 Å². The smallest absolute Gasteiger partial charge is 0.254 e. The average Bonchev–Trinajstić information content (AvgIpc) is 3.20. The maximum atomic E-state index is 13.0. The Balaban J connectivity index is 1.35. The molecule has 2 aromatic carbocycles. The van der Waals surface area contributed by atoms with Crippen LogP contribution in [0.2, 0.25) is 0 Å². The van der Waals surface area contributed by atoms with E-state index in [0.717, 1.165) is 30.2 Å². The monoisotopic (exact) mass is 439 g/mol. The van der Waals surface area contributed by atoms with Crippen LogP contribution in [0.3, 0.4) is 0 Å². The van der Waals surface area contributed by atoms with Crippen molar-refractivity contribution < 1.29 is 14.3 Å². The third kappa shape index (κ3) is 5.17. The fourth-order valence-electron chi connectivity index (χ4n) is 3.65. The lowest BCUT2D eigenvalue weighted by molar-refractivity contribution is 0.0628. The zero-order chi connectivity index (χ0) is 21.8. The van der Waals surface area contributed by atoms with Crippen molar-refractivity contribution in [1.29, 1.82) is 0 Å². The summed E-state index contributed by atoms with van der Waals surface area (Å²) in [4.78, 5) is 22.0. The minimum absolute atomic E-state index is 0.0355. The minimum Gasteiger partial charge on any atom is -0.493 e. The number of nitrogens with zero attached hydrogens (tertiary/aromatic N) is 3. The molecule has 7 heteroatoms. The number of carbonyl (C=O) groups is 1. The Morgan fingerprint density at radius 1 is 1.10 bits per heavy atom. The van der Waals surface area contributed by atoms with Crippen LogP contribution in [0.4, 0.5) is 0 Å². The van der Waals surface area contributed by atoms with Crippen LogP contribution in [0.5, 0.6) is 11.5 Å². The number of amides is 1. The van der Waals surface area contributed by atoms with Gasteiger partial charge in [0, 0.05) is 31.7 Å². The number of fused-ring (bicyclic) bond motifs is 1. The van der Waals surface area contributed by atoms with Crippen molar-refractivity contribution >= 4 is 27.5 Å². The molecule has 0 unspecified atom stereocenters. The van der Waals surface area contributed by atoms with Crippen LogP contribution in [0.15, 0.2) is 42.5 Å². The molecule has 0 spiro atoms. The maximum absolute atomic E-state index is 13.0. The zero-order valence-corrected chi connectivity index (χ0v) is 19.2. The number of para-hydroxylation sites is 1. The molecule has 1 aromatic heterocycles. The van der Waals surface area contributed by atoms with E-state index < -0.39 is 0 Å². The highest BCUT2D eigenvalue weighted by Crippen LogP contribution is 2.29. The summed E-state index contributed by atoms with van der Waals surface area (Å²) in [6.45, 7) is 8.73.